The molecule has 260 valence electrons. The number of anilines is 3. The Morgan fingerprint density at radius 3 is 1.95 bits per heavy atom. The van der Waals surface area contributed by atoms with E-state index in [0.29, 0.717) is 0 Å². The molecule has 55 heavy (non-hydrogen) atoms. The van der Waals surface area contributed by atoms with Gasteiger partial charge in [0.25, 0.3) is 0 Å². The summed E-state index contributed by atoms with van der Waals surface area (Å²) in [6, 6.07) is 68.6. The maximum Gasteiger partial charge on any atom is 0.136 e. The summed E-state index contributed by atoms with van der Waals surface area (Å²) in [7, 11) is 0. The van der Waals surface area contributed by atoms with E-state index < -0.39 is 0 Å². The summed E-state index contributed by atoms with van der Waals surface area (Å²) in [5.41, 5.74) is 15.3. The summed E-state index contributed by atoms with van der Waals surface area (Å²) >= 11 is 0. The summed E-state index contributed by atoms with van der Waals surface area (Å²) in [5.74, 6) is 0. The molecular formula is C53H37NO. The van der Waals surface area contributed by atoms with Crippen molar-refractivity contribution in [1.82, 2.24) is 0 Å². The Balaban J connectivity index is 1.05. The number of para-hydroxylation sites is 1. The zero-order valence-corrected chi connectivity index (χ0v) is 30.8. The molecule has 0 unspecified atom stereocenters. The molecule has 0 spiro atoms. The van der Waals surface area contributed by atoms with Crippen LogP contribution in [0, 0.1) is 0 Å². The summed E-state index contributed by atoms with van der Waals surface area (Å²) in [6.45, 7) is 4.71. The number of rotatable bonds is 5. The van der Waals surface area contributed by atoms with Crippen molar-refractivity contribution >= 4 is 60.5 Å². The molecule has 0 atom stereocenters. The quantitative estimate of drug-likeness (QED) is 0.177. The molecule has 0 N–H and O–H groups in total. The van der Waals surface area contributed by atoms with Gasteiger partial charge in [-0.3, -0.25) is 0 Å². The van der Waals surface area contributed by atoms with Crippen molar-refractivity contribution in [3.63, 3.8) is 0 Å². The molecule has 0 saturated heterocycles. The molecule has 2 heteroatoms. The second-order valence-corrected chi connectivity index (χ2v) is 15.3. The molecule has 0 amide bonds. The predicted molar refractivity (Wildman–Crippen MR) is 232 cm³/mol. The highest BCUT2D eigenvalue weighted by Crippen LogP contribution is 2.51. The van der Waals surface area contributed by atoms with E-state index in [1.165, 1.54) is 71.4 Å². The Kier molecular flexibility index (Phi) is 6.93. The van der Waals surface area contributed by atoms with Gasteiger partial charge in [0.1, 0.15) is 11.2 Å². The molecule has 0 saturated carbocycles. The second-order valence-electron chi connectivity index (χ2n) is 15.3. The minimum absolute atomic E-state index is 0.107. The molecule has 1 aromatic heterocycles. The van der Waals surface area contributed by atoms with Gasteiger partial charge in [-0.25, -0.2) is 0 Å². The minimum atomic E-state index is -0.107. The van der Waals surface area contributed by atoms with E-state index in [4.69, 9.17) is 4.42 Å². The third-order valence-electron chi connectivity index (χ3n) is 11.8. The molecule has 0 radical (unpaired) electrons. The lowest BCUT2D eigenvalue weighted by Gasteiger charge is -2.28. The minimum Gasteiger partial charge on any atom is -0.456 e. The topological polar surface area (TPSA) is 16.4 Å². The molecule has 2 nitrogen and oxygen atoms in total. The van der Waals surface area contributed by atoms with Gasteiger partial charge < -0.3 is 9.32 Å². The fourth-order valence-corrected chi connectivity index (χ4v) is 9.09. The molecule has 1 aliphatic carbocycles. The predicted octanol–water partition coefficient (Wildman–Crippen LogP) is 15.0. The van der Waals surface area contributed by atoms with Crippen molar-refractivity contribution in [2.24, 2.45) is 0 Å². The van der Waals surface area contributed by atoms with Crippen LogP contribution in [0.1, 0.15) is 25.0 Å². The van der Waals surface area contributed by atoms with Gasteiger partial charge in [-0.05, 0) is 121 Å². The molecule has 0 aliphatic heterocycles. The van der Waals surface area contributed by atoms with E-state index in [1.54, 1.807) is 0 Å². The van der Waals surface area contributed by atoms with Crippen molar-refractivity contribution in [3.8, 4) is 33.4 Å². The van der Waals surface area contributed by atoms with Gasteiger partial charge in [0.15, 0.2) is 0 Å². The first-order valence-electron chi connectivity index (χ1n) is 19.1. The maximum atomic E-state index is 6.24. The molecule has 10 aromatic rings. The van der Waals surface area contributed by atoms with E-state index in [2.05, 4.69) is 195 Å². The first-order chi connectivity index (χ1) is 27.0. The van der Waals surface area contributed by atoms with Crippen LogP contribution in [0.4, 0.5) is 17.1 Å². The Morgan fingerprint density at radius 1 is 0.382 bits per heavy atom. The van der Waals surface area contributed by atoms with Crippen molar-refractivity contribution < 1.29 is 4.42 Å². The number of hydrogen-bond donors (Lipinski definition) is 0. The van der Waals surface area contributed by atoms with Gasteiger partial charge in [0.05, 0.1) is 0 Å². The van der Waals surface area contributed by atoms with Crippen LogP contribution in [0.5, 0.6) is 0 Å². The zero-order valence-electron chi connectivity index (χ0n) is 30.8. The van der Waals surface area contributed by atoms with Crippen LogP contribution in [0.25, 0.3) is 76.9 Å². The van der Waals surface area contributed by atoms with Crippen molar-refractivity contribution in [1.29, 1.82) is 0 Å². The van der Waals surface area contributed by atoms with Gasteiger partial charge in [-0.15, -0.1) is 0 Å². The molecule has 1 heterocycles. The summed E-state index contributed by atoms with van der Waals surface area (Å²) in [5, 5.41) is 7.24. The monoisotopic (exact) mass is 703 g/mol. The lowest BCUT2D eigenvalue weighted by atomic mass is 9.82. The van der Waals surface area contributed by atoms with Crippen molar-refractivity contribution in [3.05, 3.63) is 199 Å². The van der Waals surface area contributed by atoms with Crippen molar-refractivity contribution in [2.75, 3.05) is 4.90 Å². The summed E-state index contributed by atoms with van der Waals surface area (Å²) in [4.78, 5) is 2.42. The van der Waals surface area contributed by atoms with E-state index >= 15 is 0 Å². The molecule has 1 aliphatic rings. The van der Waals surface area contributed by atoms with Gasteiger partial charge in [-0.1, -0.05) is 147 Å². The van der Waals surface area contributed by atoms with Crippen LogP contribution in [0.3, 0.4) is 0 Å². The summed E-state index contributed by atoms with van der Waals surface area (Å²) < 4.78 is 6.24. The summed E-state index contributed by atoms with van der Waals surface area (Å²) in [6.07, 6.45) is 0. The Morgan fingerprint density at radius 2 is 1.04 bits per heavy atom. The number of benzene rings is 9. The van der Waals surface area contributed by atoms with E-state index in [9.17, 15) is 0 Å². The average Bonchev–Trinajstić information content (AvgIpc) is 3.73. The van der Waals surface area contributed by atoms with E-state index in [0.717, 1.165) is 33.6 Å². The third kappa shape index (κ3) is 4.95. The highest BCUT2D eigenvalue weighted by atomic mass is 16.3. The van der Waals surface area contributed by atoms with Crippen LogP contribution < -0.4 is 4.90 Å². The normalized spacial score (nSPS) is 13.1. The van der Waals surface area contributed by atoms with Crippen molar-refractivity contribution in [2.45, 2.75) is 19.3 Å². The number of furan rings is 1. The number of hydrogen-bond acceptors (Lipinski definition) is 2. The van der Waals surface area contributed by atoms with Crippen LogP contribution in [-0.4, -0.2) is 0 Å². The number of nitrogens with zero attached hydrogens (tertiary/aromatic N) is 1. The van der Waals surface area contributed by atoms with Gasteiger partial charge >= 0.3 is 0 Å². The first-order valence-corrected chi connectivity index (χ1v) is 19.1. The van der Waals surface area contributed by atoms with Crippen LogP contribution >= 0.6 is 0 Å². The molecule has 0 bridgehead atoms. The van der Waals surface area contributed by atoms with Crippen LogP contribution in [0.15, 0.2) is 192 Å². The lowest BCUT2D eigenvalue weighted by molar-refractivity contribution is 0.660. The molecule has 11 rings (SSSR count). The maximum absolute atomic E-state index is 6.24. The molecular weight excluding hydrogens is 667 g/mol. The highest BCUT2D eigenvalue weighted by molar-refractivity contribution is 6.19. The third-order valence-corrected chi connectivity index (χ3v) is 11.8. The lowest BCUT2D eigenvalue weighted by Crippen LogP contribution is -2.16. The zero-order chi connectivity index (χ0) is 36.7. The largest absolute Gasteiger partial charge is 0.456 e. The van der Waals surface area contributed by atoms with E-state index in [-0.39, 0.29) is 5.41 Å². The van der Waals surface area contributed by atoms with E-state index in [1.807, 2.05) is 12.1 Å². The average molecular weight is 704 g/mol. The van der Waals surface area contributed by atoms with Gasteiger partial charge in [-0.2, -0.15) is 0 Å². The SMILES string of the molecule is CC1(C)c2ccccc2-c2ccc(N(c3ccc(-c4ccc5ccc6oc7ccccc7c6c5c4)cc3)c3cccc(-c4cccc5ccccc45)c3)cc21. The van der Waals surface area contributed by atoms with Gasteiger partial charge in [0.2, 0.25) is 0 Å². The first kappa shape index (κ1) is 31.6. The Labute approximate surface area is 320 Å². The van der Waals surface area contributed by atoms with Crippen LogP contribution in [0.2, 0.25) is 0 Å². The second kappa shape index (κ2) is 12.1. The number of fused-ring (bicyclic) bond motifs is 9. The molecule has 0 fully saturated rings. The fourth-order valence-electron chi connectivity index (χ4n) is 9.09. The standard InChI is InChI=1S/C53H37NO/c1-53(2)48-19-7-5-16-44(48)45-29-28-41(33-49(45)53)54(40-14-9-13-38(31-40)43-18-10-12-35-11-3-4-15-42(35)43)39-26-23-34(24-27-39)37-22-21-36-25-30-51-52(47(36)32-37)46-17-6-8-20-50(46)55-51/h3-33H,1-2H3. The molecule has 9 aromatic carbocycles. The fraction of sp³-hybridized carbons (Fsp3) is 0.0566. The van der Waals surface area contributed by atoms with Gasteiger partial charge in [0, 0.05) is 33.2 Å². The smallest absolute Gasteiger partial charge is 0.136 e. The Hall–Kier alpha value is -6.90. The Bertz CT molecular complexity index is 3120. The van der Waals surface area contributed by atoms with Crippen LogP contribution in [-0.2, 0) is 5.41 Å². The highest BCUT2D eigenvalue weighted by Gasteiger charge is 2.35.